The fourth-order valence-corrected chi connectivity index (χ4v) is 4.22. The zero-order valence-electron chi connectivity index (χ0n) is 17.2. The third-order valence-corrected chi connectivity index (χ3v) is 5.98. The van der Waals surface area contributed by atoms with Gasteiger partial charge in [-0.05, 0) is 49.1 Å². The molecule has 0 unspecified atom stereocenters. The molecule has 0 atom stereocenters. The Kier molecular flexibility index (Phi) is 9.55. The van der Waals surface area contributed by atoms with Gasteiger partial charge in [-0.3, -0.25) is 9.79 Å². The van der Waals surface area contributed by atoms with E-state index in [9.17, 15) is 4.79 Å². The van der Waals surface area contributed by atoms with Crippen LogP contribution in [0.5, 0.6) is 0 Å². The van der Waals surface area contributed by atoms with Crippen molar-refractivity contribution in [3.8, 4) is 0 Å². The van der Waals surface area contributed by atoms with Gasteiger partial charge in [-0.25, -0.2) is 0 Å². The number of hydrogen-bond donors (Lipinski definition) is 2. The summed E-state index contributed by atoms with van der Waals surface area (Å²) < 4.78 is 0. The van der Waals surface area contributed by atoms with Crippen molar-refractivity contribution in [3.05, 3.63) is 35.4 Å². The maximum Gasteiger partial charge on any atom is 0.222 e. The van der Waals surface area contributed by atoms with Crippen LogP contribution < -0.4 is 10.6 Å². The van der Waals surface area contributed by atoms with Crippen LogP contribution in [0.15, 0.2) is 29.3 Å². The summed E-state index contributed by atoms with van der Waals surface area (Å²) in [4.78, 5) is 18.2. The summed E-state index contributed by atoms with van der Waals surface area (Å²) in [5, 5.41) is 7.03. The van der Waals surface area contributed by atoms with Gasteiger partial charge >= 0.3 is 0 Å². The van der Waals surface area contributed by atoms with E-state index in [0.29, 0.717) is 12.5 Å². The molecule has 6 heteroatoms. The van der Waals surface area contributed by atoms with Crippen LogP contribution in [0.2, 0.25) is 0 Å². The van der Waals surface area contributed by atoms with E-state index in [1.165, 1.54) is 43.2 Å². The summed E-state index contributed by atoms with van der Waals surface area (Å²) in [6.07, 6.45) is 8.10. The zero-order valence-corrected chi connectivity index (χ0v) is 19.6. The van der Waals surface area contributed by atoms with Gasteiger partial charge in [-0.15, -0.1) is 24.0 Å². The van der Waals surface area contributed by atoms with E-state index in [4.69, 9.17) is 0 Å². The highest BCUT2D eigenvalue weighted by atomic mass is 127. The van der Waals surface area contributed by atoms with Crippen molar-refractivity contribution in [2.45, 2.75) is 71.0 Å². The first-order chi connectivity index (χ1) is 13.2. The number of nitrogens with one attached hydrogen (secondary N) is 2. The molecule has 1 heterocycles. The van der Waals surface area contributed by atoms with E-state index in [1.54, 1.807) is 0 Å². The second-order valence-corrected chi connectivity index (χ2v) is 7.93. The molecule has 5 nitrogen and oxygen atoms in total. The van der Waals surface area contributed by atoms with E-state index in [1.807, 2.05) is 11.9 Å². The first-order valence-corrected chi connectivity index (χ1v) is 10.5. The predicted octanol–water partition coefficient (Wildman–Crippen LogP) is 4.06. The molecule has 1 saturated heterocycles. The lowest BCUT2D eigenvalue weighted by Gasteiger charge is -2.29. The zero-order chi connectivity index (χ0) is 19.1. The Balaban J connectivity index is 0.00000280. The molecular formula is C22H35IN4O. The van der Waals surface area contributed by atoms with Crippen LogP contribution in [-0.4, -0.2) is 36.4 Å². The molecule has 1 amide bonds. The molecule has 0 spiro atoms. The summed E-state index contributed by atoms with van der Waals surface area (Å²) >= 11 is 0. The second-order valence-electron chi connectivity index (χ2n) is 7.93. The average Bonchev–Trinajstić information content (AvgIpc) is 3.10. The number of guanidine groups is 1. The van der Waals surface area contributed by atoms with Crippen LogP contribution in [-0.2, 0) is 17.9 Å². The Morgan fingerprint density at radius 2 is 1.96 bits per heavy atom. The predicted molar refractivity (Wildman–Crippen MR) is 126 cm³/mol. The summed E-state index contributed by atoms with van der Waals surface area (Å²) in [7, 11) is 1.84. The molecule has 0 aromatic heterocycles. The van der Waals surface area contributed by atoms with Gasteiger partial charge in [0.05, 0.1) is 0 Å². The molecule has 1 aromatic carbocycles. The molecule has 2 N–H and O–H groups in total. The van der Waals surface area contributed by atoms with Crippen LogP contribution in [0.25, 0.3) is 0 Å². The maximum atomic E-state index is 11.8. The highest BCUT2D eigenvalue weighted by Crippen LogP contribution is 2.26. The van der Waals surface area contributed by atoms with Crippen molar-refractivity contribution in [2.75, 3.05) is 13.6 Å². The van der Waals surface area contributed by atoms with Crippen molar-refractivity contribution in [1.82, 2.24) is 15.5 Å². The fourth-order valence-electron chi connectivity index (χ4n) is 4.22. The van der Waals surface area contributed by atoms with Gasteiger partial charge in [0.25, 0.3) is 0 Å². The molecule has 0 radical (unpaired) electrons. The number of nitrogens with zero attached hydrogens (tertiary/aromatic N) is 2. The van der Waals surface area contributed by atoms with Gasteiger partial charge in [-0.1, -0.05) is 37.6 Å². The van der Waals surface area contributed by atoms with Gasteiger partial charge in [0.1, 0.15) is 0 Å². The Bertz CT molecular complexity index is 656. The highest BCUT2D eigenvalue weighted by Gasteiger charge is 2.21. The van der Waals surface area contributed by atoms with Gasteiger partial charge < -0.3 is 15.5 Å². The minimum atomic E-state index is 0. The third-order valence-electron chi connectivity index (χ3n) is 5.98. The lowest BCUT2D eigenvalue weighted by atomic mass is 9.84. The van der Waals surface area contributed by atoms with E-state index in [0.717, 1.165) is 37.9 Å². The van der Waals surface area contributed by atoms with Crippen molar-refractivity contribution < 1.29 is 4.79 Å². The van der Waals surface area contributed by atoms with Gasteiger partial charge in [-0.2, -0.15) is 0 Å². The quantitative estimate of drug-likeness (QED) is 0.354. The van der Waals surface area contributed by atoms with Crippen molar-refractivity contribution >= 4 is 35.8 Å². The monoisotopic (exact) mass is 498 g/mol. The SMILES string of the molecule is CCC1CCC(NC(=NC)NCc2cccc(CN3CCCC3=O)c2)CC1.I. The number of aliphatic imine (C=N–C) groups is 1. The minimum Gasteiger partial charge on any atom is -0.354 e. The summed E-state index contributed by atoms with van der Waals surface area (Å²) in [6, 6.07) is 9.04. The fraction of sp³-hybridized carbons (Fsp3) is 0.636. The molecular weight excluding hydrogens is 463 g/mol. The van der Waals surface area contributed by atoms with Crippen LogP contribution in [0.3, 0.4) is 0 Å². The molecule has 2 fully saturated rings. The Morgan fingerprint density at radius 3 is 2.61 bits per heavy atom. The van der Waals surface area contributed by atoms with Crippen molar-refractivity contribution in [2.24, 2.45) is 10.9 Å². The molecule has 3 rings (SSSR count). The third kappa shape index (κ3) is 6.64. The molecule has 1 saturated carbocycles. The molecule has 156 valence electrons. The van der Waals surface area contributed by atoms with E-state index < -0.39 is 0 Å². The topological polar surface area (TPSA) is 56.7 Å². The van der Waals surface area contributed by atoms with E-state index >= 15 is 0 Å². The van der Waals surface area contributed by atoms with Gasteiger partial charge in [0.15, 0.2) is 5.96 Å². The average molecular weight is 498 g/mol. The van der Waals surface area contributed by atoms with Crippen LogP contribution >= 0.6 is 24.0 Å². The Labute approximate surface area is 186 Å². The molecule has 2 aliphatic rings. The molecule has 1 aromatic rings. The Morgan fingerprint density at radius 1 is 1.21 bits per heavy atom. The molecule has 0 bridgehead atoms. The Hall–Kier alpha value is -1.31. The van der Waals surface area contributed by atoms with Crippen LogP contribution in [0.4, 0.5) is 0 Å². The van der Waals surface area contributed by atoms with Crippen molar-refractivity contribution in [1.29, 1.82) is 0 Å². The normalized spacial score (nSPS) is 22.7. The van der Waals surface area contributed by atoms with E-state index in [2.05, 4.69) is 46.8 Å². The highest BCUT2D eigenvalue weighted by molar-refractivity contribution is 14.0. The summed E-state index contributed by atoms with van der Waals surface area (Å²) in [5.74, 6) is 2.07. The largest absolute Gasteiger partial charge is 0.354 e. The minimum absolute atomic E-state index is 0. The molecule has 28 heavy (non-hydrogen) atoms. The number of rotatable bonds is 6. The maximum absolute atomic E-state index is 11.8. The van der Waals surface area contributed by atoms with Gasteiger partial charge in [0.2, 0.25) is 5.91 Å². The number of carbonyl (C=O) groups is 1. The number of amides is 1. The molecule has 1 aliphatic carbocycles. The number of likely N-dealkylation sites (tertiary alicyclic amines) is 1. The number of hydrogen-bond acceptors (Lipinski definition) is 2. The lowest BCUT2D eigenvalue weighted by Crippen LogP contribution is -2.44. The second kappa shape index (κ2) is 11.6. The smallest absolute Gasteiger partial charge is 0.222 e. The summed E-state index contributed by atoms with van der Waals surface area (Å²) in [5.41, 5.74) is 2.42. The first kappa shape index (κ1) is 23.0. The molecule has 1 aliphatic heterocycles. The van der Waals surface area contributed by atoms with Crippen molar-refractivity contribution in [3.63, 3.8) is 0 Å². The van der Waals surface area contributed by atoms with Crippen LogP contribution in [0.1, 0.15) is 63.0 Å². The lowest BCUT2D eigenvalue weighted by molar-refractivity contribution is -0.128. The number of benzene rings is 1. The summed E-state index contributed by atoms with van der Waals surface area (Å²) in [6.45, 7) is 4.65. The standard InChI is InChI=1S/C22H34N4O.HI/c1-3-17-9-11-20(12-10-17)25-22(23-2)24-15-18-6-4-7-19(14-18)16-26-13-5-8-21(26)27;/h4,6-7,14,17,20H,3,5,8-13,15-16H2,1-2H3,(H2,23,24,25);1H. The number of halogens is 1. The van der Waals surface area contributed by atoms with E-state index in [-0.39, 0.29) is 29.9 Å². The number of carbonyl (C=O) groups excluding carboxylic acids is 1. The first-order valence-electron chi connectivity index (χ1n) is 10.5. The van der Waals surface area contributed by atoms with Gasteiger partial charge in [0, 0.05) is 39.1 Å². The van der Waals surface area contributed by atoms with Crippen LogP contribution in [0, 0.1) is 5.92 Å².